The Balaban J connectivity index is 2.05. The fraction of sp³-hybridized carbons (Fsp3) is 0.333. The number of benzene rings is 1. The SMILES string of the molecule is C=CCC(Oc1ccccc1Br)C1CO1. The summed E-state index contributed by atoms with van der Waals surface area (Å²) in [6.45, 7) is 4.52. The summed E-state index contributed by atoms with van der Waals surface area (Å²) in [5.74, 6) is 0.861. The highest BCUT2D eigenvalue weighted by molar-refractivity contribution is 9.10. The van der Waals surface area contributed by atoms with Gasteiger partial charge in [0.2, 0.25) is 0 Å². The Morgan fingerprint density at radius 3 is 2.93 bits per heavy atom. The van der Waals surface area contributed by atoms with Crippen molar-refractivity contribution in [2.75, 3.05) is 6.61 Å². The van der Waals surface area contributed by atoms with Crippen LogP contribution in [0.1, 0.15) is 6.42 Å². The van der Waals surface area contributed by atoms with Gasteiger partial charge in [0.15, 0.2) is 0 Å². The van der Waals surface area contributed by atoms with Gasteiger partial charge in [-0.25, -0.2) is 0 Å². The predicted molar refractivity (Wildman–Crippen MR) is 63.1 cm³/mol. The van der Waals surface area contributed by atoms with E-state index in [0.29, 0.717) is 0 Å². The summed E-state index contributed by atoms with van der Waals surface area (Å²) in [5.41, 5.74) is 0. The molecular weight excluding hydrogens is 256 g/mol. The molecule has 2 unspecified atom stereocenters. The van der Waals surface area contributed by atoms with Crippen LogP contribution in [-0.4, -0.2) is 18.8 Å². The molecule has 0 amide bonds. The molecular formula is C12H13BrO2. The van der Waals surface area contributed by atoms with Crippen LogP contribution < -0.4 is 4.74 Å². The van der Waals surface area contributed by atoms with Gasteiger partial charge in [0.05, 0.1) is 11.1 Å². The average molecular weight is 269 g/mol. The van der Waals surface area contributed by atoms with Crippen LogP contribution in [0.5, 0.6) is 5.75 Å². The van der Waals surface area contributed by atoms with Gasteiger partial charge in [-0.1, -0.05) is 18.2 Å². The van der Waals surface area contributed by atoms with Crippen molar-refractivity contribution in [3.05, 3.63) is 41.4 Å². The van der Waals surface area contributed by atoms with Crippen molar-refractivity contribution in [1.82, 2.24) is 0 Å². The van der Waals surface area contributed by atoms with Gasteiger partial charge in [-0.2, -0.15) is 0 Å². The molecule has 1 aromatic rings. The van der Waals surface area contributed by atoms with E-state index in [1.54, 1.807) is 0 Å². The molecule has 0 radical (unpaired) electrons. The van der Waals surface area contributed by atoms with E-state index in [4.69, 9.17) is 9.47 Å². The third kappa shape index (κ3) is 2.83. The molecule has 1 aliphatic rings. The Kier molecular flexibility index (Phi) is 3.44. The second-order valence-electron chi connectivity index (χ2n) is 3.48. The first kappa shape index (κ1) is 10.7. The quantitative estimate of drug-likeness (QED) is 0.605. The van der Waals surface area contributed by atoms with Crippen molar-refractivity contribution >= 4 is 15.9 Å². The number of epoxide rings is 1. The van der Waals surface area contributed by atoms with Crippen LogP contribution in [0.15, 0.2) is 41.4 Å². The lowest BCUT2D eigenvalue weighted by atomic mass is 10.2. The summed E-state index contributed by atoms with van der Waals surface area (Å²) in [6, 6.07) is 7.84. The fourth-order valence-corrected chi connectivity index (χ4v) is 1.79. The molecule has 0 aromatic heterocycles. The lowest BCUT2D eigenvalue weighted by Crippen LogP contribution is -2.22. The van der Waals surface area contributed by atoms with Crippen molar-refractivity contribution in [3.63, 3.8) is 0 Å². The van der Waals surface area contributed by atoms with Gasteiger partial charge in [0, 0.05) is 6.42 Å². The Bertz CT molecular complexity index is 347. The van der Waals surface area contributed by atoms with Crippen LogP contribution in [0.25, 0.3) is 0 Å². The van der Waals surface area contributed by atoms with Crippen molar-refractivity contribution in [2.24, 2.45) is 0 Å². The zero-order chi connectivity index (χ0) is 10.7. The van der Waals surface area contributed by atoms with Crippen molar-refractivity contribution < 1.29 is 9.47 Å². The van der Waals surface area contributed by atoms with E-state index in [-0.39, 0.29) is 12.2 Å². The summed E-state index contributed by atoms with van der Waals surface area (Å²) < 4.78 is 12.1. The monoisotopic (exact) mass is 268 g/mol. The van der Waals surface area contributed by atoms with Crippen LogP contribution in [0.4, 0.5) is 0 Å². The maximum absolute atomic E-state index is 5.87. The highest BCUT2D eigenvalue weighted by Gasteiger charge is 2.33. The Labute approximate surface area is 98.0 Å². The Morgan fingerprint density at radius 1 is 1.60 bits per heavy atom. The molecule has 0 saturated carbocycles. The molecule has 0 bridgehead atoms. The predicted octanol–water partition coefficient (Wildman–Crippen LogP) is 3.17. The standard InChI is InChI=1S/C12H13BrO2/c1-2-5-11(12-8-14-12)15-10-7-4-3-6-9(10)13/h2-4,6-7,11-12H,1,5,8H2. The molecule has 0 spiro atoms. The van der Waals surface area contributed by atoms with Crippen molar-refractivity contribution in [1.29, 1.82) is 0 Å². The van der Waals surface area contributed by atoms with Gasteiger partial charge in [-0.3, -0.25) is 0 Å². The highest BCUT2D eigenvalue weighted by atomic mass is 79.9. The molecule has 1 saturated heterocycles. The van der Waals surface area contributed by atoms with E-state index in [9.17, 15) is 0 Å². The van der Waals surface area contributed by atoms with Crippen LogP contribution in [0.2, 0.25) is 0 Å². The minimum Gasteiger partial charge on any atom is -0.486 e. The molecule has 1 fully saturated rings. The number of ether oxygens (including phenoxy) is 2. The highest BCUT2D eigenvalue weighted by Crippen LogP contribution is 2.28. The molecule has 1 aromatic carbocycles. The molecule has 80 valence electrons. The van der Waals surface area contributed by atoms with Gasteiger partial charge >= 0.3 is 0 Å². The van der Waals surface area contributed by atoms with Crippen LogP contribution in [0, 0.1) is 0 Å². The maximum Gasteiger partial charge on any atom is 0.134 e. The molecule has 2 rings (SSSR count). The summed E-state index contributed by atoms with van der Waals surface area (Å²) >= 11 is 3.45. The van der Waals surface area contributed by atoms with E-state index < -0.39 is 0 Å². The lowest BCUT2D eigenvalue weighted by Gasteiger charge is -2.16. The van der Waals surface area contributed by atoms with E-state index in [1.165, 1.54) is 0 Å². The molecule has 1 heterocycles. The second-order valence-corrected chi connectivity index (χ2v) is 4.34. The molecule has 2 atom stereocenters. The number of hydrogen-bond acceptors (Lipinski definition) is 2. The van der Waals surface area contributed by atoms with E-state index in [2.05, 4.69) is 22.5 Å². The molecule has 0 N–H and O–H groups in total. The molecule has 2 nitrogen and oxygen atoms in total. The number of para-hydroxylation sites is 1. The molecule has 0 aliphatic carbocycles. The maximum atomic E-state index is 5.87. The van der Waals surface area contributed by atoms with Crippen LogP contribution >= 0.6 is 15.9 Å². The number of rotatable bonds is 5. The Hall–Kier alpha value is -0.800. The first-order valence-electron chi connectivity index (χ1n) is 4.95. The van der Waals surface area contributed by atoms with Crippen molar-refractivity contribution in [2.45, 2.75) is 18.6 Å². The third-order valence-electron chi connectivity index (χ3n) is 2.29. The average Bonchev–Trinajstić information content (AvgIpc) is 3.04. The van der Waals surface area contributed by atoms with Gasteiger partial charge < -0.3 is 9.47 Å². The topological polar surface area (TPSA) is 21.8 Å². The lowest BCUT2D eigenvalue weighted by molar-refractivity contribution is 0.161. The normalized spacial score (nSPS) is 20.7. The summed E-state index contributed by atoms with van der Waals surface area (Å²) in [5, 5.41) is 0. The van der Waals surface area contributed by atoms with Gasteiger partial charge in [-0.15, -0.1) is 6.58 Å². The molecule has 3 heteroatoms. The summed E-state index contributed by atoms with van der Waals surface area (Å²) in [6.07, 6.45) is 2.99. The first-order chi connectivity index (χ1) is 7.31. The molecule has 15 heavy (non-hydrogen) atoms. The largest absolute Gasteiger partial charge is 0.486 e. The zero-order valence-electron chi connectivity index (χ0n) is 8.36. The minimum atomic E-state index is 0.0844. The van der Waals surface area contributed by atoms with E-state index in [1.807, 2.05) is 30.3 Å². The smallest absolute Gasteiger partial charge is 0.134 e. The van der Waals surface area contributed by atoms with Gasteiger partial charge in [-0.05, 0) is 28.1 Å². The van der Waals surface area contributed by atoms with E-state index in [0.717, 1.165) is 23.2 Å². The van der Waals surface area contributed by atoms with Crippen LogP contribution in [-0.2, 0) is 4.74 Å². The Morgan fingerprint density at radius 2 is 2.33 bits per heavy atom. The molecule has 1 aliphatic heterocycles. The van der Waals surface area contributed by atoms with Gasteiger partial charge in [0.25, 0.3) is 0 Å². The summed E-state index contributed by atoms with van der Waals surface area (Å²) in [4.78, 5) is 0. The summed E-state index contributed by atoms with van der Waals surface area (Å²) in [7, 11) is 0. The zero-order valence-corrected chi connectivity index (χ0v) is 9.94. The third-order valence-corrected chi connectivity index (χ3v) is 2.94. The number of halogens is 1. The number of hydrogen-bond donors (Lipinski definition) is 0. The van der Waals surface area contributed by atoms with Crippen molar-refractivity contribution in [3.8, 4) is 5.75 Å². The van der Waals surface area contributed by atoms with E-state index >= 15 is 0 Å². The minimum absolute atomic E-state index is 0.0844. The van der Waals surface area contributed by atoms with Crippen LogP contribution in [0.3, 0.4) is 0 Å². The fourth-order valence-electron chi connectivity index (χ4n) is 1.41. The first-order valence-corrected chi connectivity index (χ1v) is 5.74. The van der Waals surface area contributed by atoms with Gasteiger partial charge in [0.1, 0.15) is 18.0 Å². The second kappa shape index (κ2) is 4.81.